The van der Waals surface area contributed by atoms with Crippen LogP contribution in [0.3, 0.4) is 0 Å². The second kappa shape index (κ2) is 8.38. The first-order valence-electron chi connectivity index (χ1n) is 7.87. The zero-order valence-corrected chi connectivity index (χ0v) is 15.0. The summed E-state index contributed by atoms with van der Waals surface area (Å²) in [5.74, 6) is 1.42. The first-order chi connectivity index (χ1) is 11.5. The van der Waals surface area contributed by atoms with Crippen LogP contribution in [0.5, 0.6) is 11.5 Å². The molecule has 0 aromatic heterocycles. The van der Waals surface area contributed by atoms with Gasteiger partial charge in [0.2, 0.25) is 0 Å². The smallest absolute Gasteiger partial charge is 0.160 e. The Hall–Kier alpha value is -1.75. The summed E-state index contributed by atoms with van der Waals surface area (Å²) in [5.41, 5.74) is 8.00. The molecule has 2 rings (SSSR count). The third-order valence-corrected chi connectivity index (χ3v) is 4.60. The lowest BCUT2D eigenvalue weighted by molar-refractivity contribution is 0.121. The van der Waals surface area contributed by atoms with Crippen LogP contribution in [0.25, 0.3) is 0 Å². The highest BCUT2D eigenvalue weighted by molar-refractivity contribution is 6.31. The van der Waals surface area contributed by atoms with Crippen molar-refractivity contribution in [2.75, 3.05) is 14.2 Å². The molecule has 0 bridgehead atoms. The van der Waals surface area contributed by atoms with Gasteiger partial charge in [0.05, 0.1) is 20.3 Å². The number of aliphatic hydroxyl groups is 1. The minimum absolute atomic E-state index is 0.0503. The van der Waals surface area contributed by atoms with E-state index in [0.717, 1.165) is 5.56 Å². The van der Waals surface area contributed by atoms with Gasteiger partial charge in [-0.1, -0.05) is 42.8 Å². The maximum atomic E-state index is 10.5. The van der Waals surface area contributed by atoms with Crippen molar-refractivity contribution in [1.29, 1.82) is 0 Å². The van der Waals surface area contributed by atoms with E-state index in [-0.39, 0.29) is 5.92 Å². The van der Waals surface area contributed by atoms with E-state index < -0.39 is 12.1 Å². The fraction of sp³-hybridized carbons (Fsp3) is 0.368. The Kier molecular flexibility index (Phi) is 6.49. The SMILES string of the molecule is COc1ccc(CC(C)C(N)C(O)c2ccccc2Cl)cc1OC. The Balaban J connectivity index is 2.11. The van der Waals surface area contributed by atoms with Gasteiger partial charge >= 0.3 is 0 Å². The van der Waals surface area contributed by atoms with Crippen LogP contribution in [0.15, 0.2) is 42.5 Å². The van der Waals surface area contributed by atoms with E-state index in [0.29, 0.717) is 28.5 Å². The molecule has 0 spiro atoms. The average molecular weight is 350 g/mol. The van der Waals surface area contributed by atoms with E-state index in [9.17, 15) is 5.11 Å². The quantitative estimate of drug-likeness (QED) is 0.801. The van der Waals surface area contributed by atoms with Crippen molar-refractivity contribution in [2.24, 2.45) is 11.7 Å². The lowest BCUT2D eigenvalue weighted by Gasteiger charge is -2.26. The second-order valence-corrected chi connectivity index (χ2v) is 6.32. The molecule has 2 aromatic carbocycles. The summed E-state index contributed by atoms with van der Waals surface area (Å²) in [5, 5.41) is 11.1. The van der Waals surface area contributed by atoms with Crippen molar-refractivity contribution in [3.8, 4) is 11.5 Å². The van der Waals surface area contributed by atoms with Crippen molar-refractivity contribution in [3.05, 3.63) is 58.6 Å². The molecule has 3 N–H and O–H groups in total. The van der Waals surface area contributed by atoms with Crippen LogP contribution >= 0.6 is 11.6 Å². The van der Waals surface area contributed by atoms with Gasteiger partial charge in [0, 0.05) is 16.6 Å². The number of rotatable bonds is 7. The van der Waals surface area contributed by atoms with Crippen molar-refractivity contribution >= 4 is 11.6 Å². The summed E-state index contributed by atoms with van der Waals surface area (Å²) >= 11 is 6.16. The second-order valence-electron chi connectivity index (χ2n) is 5.91. The summed E-state index contributed by atoms with van der Waals surface area (Å²) < 4.78 is 10.6. The zero-order chi connectivity index (χ0) is 17.7. The number of hydrogen-bond acceptors (Lipinski definition) is 4. The molecule has 3 atom stereocenters. The number of aliphatic hydroxyl groups excluding tert-OH is 1. The van der Waals surface area contributed by atoms with Gasteiger partial charge in [-0.15, -0.1) is 0 Å². The molecule has 2 aromatic rings. The normalized spacial score (nSPS) is 14.8. The van der Waals surface area contributed by atoms with Crippen LogP contribution in [-0.4, -0.2) is 25.4 Å². The Bertz CT molecular complexity index is 677. The fourth-order valence-corrected chi connectivity index (χ4v) is 3.00. The lowest BCUT2D eigenvalue weighted by Crippen LogP contribution is -2.36. The van der Waals surface area contributed by atoms with Gasteiger partial charge in [-0.3, -0.25) is 0 Å². The summed E-state index contributed by atoms with van der Waals surface area (Å²) in [6.45, 7) is 2.02. The Morgan fingerprint density at radius 3 is 2.38 bits per heavy atom. The molecule has 24 heavy (non-hydrogen) atoms. The molecule has 0 heterocycles. The maximum absolute atomic E-state index is 10.5. The molecule has 0 aliphatic rings. The molecule has 0 saturated heterocycles. The van der Waals surface area contributed by atoms with Crippen LogP contribution in [0.1, 0.15) is 24.2 Å². The minimum atomic E-state index is -0.811. The van der Waals surface area contributed by atoms with Crippen LogP contribution in [-0.2, 0) is 6.42 Å². The minimum Gasteiger partial charge on any atom is -0.493 e. The molecule has 5 heteroatoms. The fourth-order valence-electron chi connectivity index (χ4n) is 2.75. The van der Waals surface area contributed by atoms with Crippen LogP contribution in [0.2, 0.25) is 5.02 Å². The predicted octanol–water partition coefficient (Wildman–Crippen LogP) is 3.60. The van der Waals surface area contributed by atoms with Crippen molar-refractivity contribution in [3.63, 3.8) is 0 Å². The van der Waals surface area contributed by atoms with E-state index >= 15 is 0 Å². The summed E-state index contributed by atoms with van der Waals surface area (Å²) in [4.78, 5) is 0. The zero-order valence-electron chi connectivity index (χ0n) is 14.2. The molecule has 130 valence electrons. The number of hydrogen-bond donors (Lipinski definition) is 2. The predicted molar refractivity (Wildman–Crippen MR) is 96.8 cm³/mol. The summed E-state index contributed by atoms with van der Waals surface area (Å²) in [6.07, 6.45) is -0.0999. The Morgan fingerprint density at radius 1 is 1.08 bits per heavy atom. The molecule has 3 unspecified atom stereocenters. The third kappa shape index (κ3) is 4.20. The number of nitrogens with two attached hydrogens (primary N) is 1. The topological polar surface area (TPSA) is 64.7 Å². The van der Waals surface area contributed by atoms with Gasteiger partial charge in [-0.2, -0.15) is 0 Å². The molecule has 0 radical (unpaired) electrons. The average Bonchev–Trinajstić information content (AvgIpc) is 2.60. The molecule has 0 amide bonds. The molecule has 0 saturated carbocycles. The molecule has 0 aliphatic carbocycles. The molecule has 4 nitrogen and oxygen atoms in total. The van der Waals surface area contributed by atoms with Crippen molar-refractivity contribution in [1.82, 2.24) is 0 Å². The van der Waals surface area contributed by atoms with Gasteiger partial charge in [0.25, 0.3) is 0 Å². The number of halogens is 1. The first-order valence-corrected chi connectivity index (χ1v) is 8.24. The maximum Gasteiger partial charge on any atom is 0.160 e. The van der Waals surface area contributed by atoms with E-state index in [1.54, 1.807) is 26.4 Å². The van der Waals surface area contributed by atoms with Crippen molar-refractivity contribution in [2.45, 2.75) is 25.5 Å². The highest BCUT2D eigenvalue weighted by Gasteiger charge is 2.24. The number of methoxy groups -OCH3 is 2. The summed E-state index contributed by atoms with van der Waals surface area (Å²) in [7, 11) is 3.22. The van der Waals surface area contributed by atoms with Crippen LogP contribution < -0.4 is 15.2 Å². The molecule has 0 fully saturated rings. The van der Waals surface area contributed by atoms with E-state index in [4.69, 9.17) is 26.8 Å². The molecular weight excluding hydrogens is 326 g/mol. The van der Waals surface area contributed by atoms with E-state index in [1.165, 1.54) is 0 Å². The largest absolute Gasteiger partial charge is 0.493 e. The Morgan fingerprint density at radius 2 is 1.75 bits per heavy atom. The van der Waals surface area contributed by atoms with Gasteiger partial charge < -0.3 is 20.3 Å². The number of benzene rings is 2. The van der Waals surface area contributed by atoms with Gasteiger partial charge in [0.1, 0.15) is 0 Å². The third-order valence-electron chi connectivity index (χ3n) is 4.25. The standard InChI is InChI=1S/C19H24ClNO3/c1-12(10-13-8-9-16(23-2)17(11-13)24-3)18(21)19(22)14-6-4-5-7-15(14)20/h4-9,11-12,18-19,22H,10,21H2,1-3H3. The highest BCUT2D eigenvalue weighted by atomic mass is 35.5. The number of ether oxygens (including phenoxy) is 2. The van der Waals surface area contributed by atoms with Crippen LogP contribution in [0, 0.1) is 5.92 Å². The monoisotopic (exact) mass is 349 g/mol. The molecule has 0 aliphatic heterocycles. The molecular formula is C19H24ClNO3. The van der Waals surface area contributed by atoms with E-state index in [2.05, 4.69) is 0 Å². The lowest BCUT2D eigenvalue weighted by atomic mass is 9.88. The highest BCUT2D eigenvalue weighted by Crippen LogP contribution is 2.31. The van der Waals surface area contributed by atoms with E-state index in [1.807, 2.05) is 37.3 Å². The Labute approximate surface area is 148 Å². The first kappa shape index (κ1) is 18.6. The van der Waals surface area contributed by atoms with Crippen LogP contribution in [0.4, 0.5) is 0 Å². The van der Waals surface area contributed by atoms with Gasteiger partial charge in [-0.25, -0.2) is 0 Å². The van der Waals surface area contributed by atoms with Gasteiger partial charge in [-0.05, 0) is 36.1 Å². The van der Waals surface area contributed by atoms with Crippen molar-refractivity contribution < 1.29 is 14.6 Å². The summed E-state index contributed by atoms with van der Waals surface area (Å²) in [6, 6.07) is 12.6. The van der Waals surface area contributed by atoms with Gasteiger partial charge in [0.15, 0.2) is 11.5 Å².